The summed E-state index contributed by atoms with van der Waals surface area (Å²) >= 11 is 0. The molecule has 0 aliphatic carbocycles. The fourth-order valence-corrected chi connectivity index (χ4v) is 1.87. The van der Waals surface area contributed by atoms with E-state index in [4.69, 9.17) is 11.5 Å². The lowest BCUT2D eigenvalue weighted by Crippen LogP contribution is -2.39. The van der Waals surface area contributed by atoms with Gasteiger partial charge in [-0.25, -0.2) is 4.79 Å². The van der Waals surface area contributed by atoms with Crippen molar-refractivity contribution in [3.8, 4) is 0 Å². The third-order valence-corrected chi connectivity index (χ3v) is 2.94. The number of nitrogens with one attached hydrogen (secondary N) is 1. The molecule has 0 atom stereocenters. The zero-order chi connectivity index (χ0) is 15.3. The molecule has 0 unspecified atom stereocenters. The second-order valence-electron chi connectivity index (χ2n) is 5.60. The summed E-state index contributed by atoms with van der Waals surface area (Å²) in [4.78, 5) is 24.8. The van der Waals surface area contributed by atoms with Gasteiger partial charge in [0, 0.05) is 24.8 Å². The van der Waals surface area contributed by atoms with E-state index in [0.717, 1.165) is 0 Å². The molecule has 0 saturated carbocycles. The normalized spacial score (nSPS) is 11.0. The monoisotopic (exact) mass is 278 g/mol. The smallest absolute Gasteiger partial charge is 0.316 e. The van der Waals surface area contributed by atoms with Crippen LogP contribution in [-0.2, 0) is 0 Å². The lowest BCUT2D eigenvalue weighted by Gasteiger charge is -2.29. The van der Waals surface area contributed by atoms with Crippen molar-refractivity contribution in [2.75, 3.05) is 25.5 Å². The van der Waals surface area contributed by atoms with Crippen LogP contribution in [0.5, 0.6) is 0 Å². The number of urea groups is 1. The number of hydrogen-bond donors (Lipinski definition) is 3. The van der Waals surface area contributed by atoms with Crippen LogP contribution in [0.25, 0.3) is 0 Å². The maximum Gasteiger partial charge on any atom is 0.316 e. The Kier molecular flexibility index (Phi) is 5.10. The van der Waals surface area contributed by atoms with Crippen LogP contribution in [-0.4, -0.2) is 37.0 Å². The topological polar surface area (TPSA) is 101 Å². The van der Waals surface area contributed by atoms with E-state index in [1.54, 1.807) is 36.2 Å². The number of anilines is 1. The molecule has 0 heterocycles. The Morgan fingerprint density at radius 2 is 2.00 bits per heavy atom. The lowest BCUT2D eigenvalue weighted by atomic mass is 9.93. The van der Waals surface area contributed by atoms with E-state index in [2.05, 4.69) is 5.32 Å². The molecule has 1 aromatic rings. The summed E-state index contributed by atoms with van der Waals surface area (Å²) in [6.07, 6.45) is 0. The van der Waals surface area contributed by atoms with E-state index in [1.165, 1.54) is 0 Å². The van der Waals surface area contributed by atoms with Gasteiger partial charge in [-0.2, -0.15) is 0 Å². The molecule has 0 aromatic heterocycles. The predicted octanol–water partition coefficient (Wildman–Crippen LogP) is 1.23. The van der Waals surface area contributed by atoms with Crippen LogP contribution < -0.4 is 16.8 Å². The van der Waals surface area contributed by atoms with E-state index >= 15 is 0 Å². The van der Waals surface area contributed by atoms with Crippen LogP contribution in [0.3, 0.4) is 0 Å². The van der Waals surface area contributed by atoms with Crippen LogP contribution >= 0.6 is 0 Å². The molecule has 0 aliphatic heterocycles. The molecule has 6 nitrogen and oxygen atoms in total. The van der Waals surface area contributed by atoms with Crippen molar-refractivity contribution in [1.29, 1.82) is 0 Å². The first-order valence-corrected chi connectivity index (χ1v) is 6.37. The lowest BCUT2D eigenvalue weighted by molar-refractivity contribution is 0.0740. The first kappa shape index (κ1) is 16.0. The molecule has 1 aromatic carbocycles. The van der Waals surface area contributed by atoms with Crippen molar-refractivity contribution in [3.05, 3.63) is 29.8 Å². The van der Waals surface area contributed by atoms with E-state index in [-0.39, 0.29) is 11.3 Å². The summed E-state index contributed by atoms with van der Waals surface area (Å²) in [5.74, 6) is -0.125. The molecule has 5 N–H and O–H groups in total. The van der Waals surface area contributed by atoms with Gasteiger partial charge in [0.25, 0.3) is 5.91 Å². The molecule has 110 valence electrons. The summed E-state index contributed by atoms with van der Waals surface area (Å²) in [6, 6.07) is 6.00. The van der Waals surface area contributed by atoms with Gasteiger partial charge >= 0.3 is 6.03 Å². The van der Waals surface area contributed by atoms with Crippen LogP contribution in [0.4, 0.5) is 10.5 Å². The van der Waals surface area contributed by atoms with Crippen LogP contribution in [0.15, 0.2) is 24.3 Å². The van der Waals surface area contributed by atoms with Gasteiger partial charge in [-0.15, -0.1) is 0 Å². The molecule has 1 rings (SSSR count). The highest BCUT2D eigenvalue weighted by atomic mass is 16.2. The van der Waals surface area contributed by atoms with Gasteiger partial charge in [-0.3, -0.25) is 4.79 Å². The quantitative estimate of drug-likeness (QED) is 0.755. The van der Waals surface area contributed by atoms with Crippen molar-refractivity contribution < 1.29 is 9.59 Å². The molecular formula is C14H22N4O2. The van der Waals surface area contributed by atoms with E-state index in [9.17, 15) is 9.59 Å². The molecule has 0 spiro atoms. The summed E-state index contributed by atoms with van der Waals surface area (Å²) in [5.41, 5.74) is 11.6. The molecule has 0 aliphatic rings. The standard InChI is InChI=1S/C14H22N4O2/c1-14(2,8-15)9-18(3)12(19)10-5-4-6-11(7-10)17-13(16)20/h4-7H,8-9,15H2,1-3H3,(H3,16,17,20). The molecule has 0 bridgehead atoms. The summed E-state index contributed by atoms with van der Waals surface area (Å²) in [6.45, 7) is 5.05. The van der Waals surface area contributed by atoms with Gasteiger partial charge in [0.05, 0.1) is 0 Å². The van der Waals surface area contributed by atoms with Crippen LogP contribution in [0.2, 0.25) is 0 Å². The average molecular weight is 278 g/mol. The first-order chi connectivity index (χ1) is 9.25. The first-order valence-electron chi connectivity index (χ1n) is 6.37. The maximum absolute atomic E-state index is 12.3. The number of rotatable bonds is 5. The highest BCUT2D eigenvalue weighted by Gasteiger charge is 2.22. The Morgan fingerprint density at radius 3 is 2.55 bits per heavy atom. The molecule has 20 heavy (non-hydrogen) atoms. The summed E-state index contributed by atoms with van der Waals surface area (Å²) < 4.78 is 0. The summed E-state index contributed by atoms with van der Waals surface area (Å²) in [7, 11) is 1.73. The largest absolute Gasteiger partial charge is 0.351 e. The van der Waals surface area contributed by atoms with Crippen molar-refractivity contribution in [2.24, 2.45) is 16.9 Å². The van der Waals surface area contributed by atoms with E-state index < -0.39 is 6.03 Å². The Balaban J connectivity index is 2.84. The zero-order valence-electron chi connectivity index (χ0n) is 12.1. The number of carbonyl (C=O) groups is 2. The predicted molar refractivity (Wildman–Crippen MR) is 79.4 cm³/mol. The molecular weight excluding hydrogens is 256 g/mol. The Morgan fingerprint density at radius 1 is 1.35 bits per heavy atom. The summed E-state index contributed by atoms with van der Waals surface area (Å²) in [5, 5.41) is 2.45. The minimum absolute atomic E-state index is 0.125. The van der Waals surface area contributed by atoms with E-state index in [0.29, 0.717) is 24.3 Å². The highest BCUT2D eigenvalue weighted by Crippen LogP contribution is 2.17. The second-order valence-corrected chi connectivity index (χ2v) is 5.60. The Hall–Kier alpha value is -2.08. The van der Waals surface area contributed by atoms with Gasteiger partial charge < -0.3 is 21.7 Å². The minimum Gasteiger partial charge on any atom is -0.351 e. The molecule has 0 saturated heterocycles. The van der Waals surface area contributed by atoms with Crippen molar-refractivity contribution in [2.45, 2.75) is 13.8 Å². The number of primary amides is 1. The third-order valence-electron chi connectivity index (χ3n) is 2.94. The SMILES string of the molecule is CN(CC(C)(C)CN)C(=O)c1cccc(NC(N)=O)c1. The number of carbonyl (C=O) groups excluding carboxylic acids is 2. The zero-order valence-corrected chi connectivity index (χ0v) is 12.1. The molecule has 0 radical (unpaired) electrons. The van der Waals surface area contributed by atoms with Gasteiger partial charge in [0.1, 0.15) is 0 Å². The van der Waals surface area contributed by atoms with Gasteiger partial charge in [0.2, 0.25) is 0 Å². The number of nitrogens with two attached hydrogens (primary N) is 2. The van der Waals surface area contributed by atoms with Crippen molar-refractivity contribution in [1.82, 2.24) is 4.90 Å². The highest BCUT2D eigenvalue weighted by molar-refractivity contribution is 5.96. The number of nitrogens with zero attached hydrogens (tertiary/aromatic N) is 1. The van der Waals surface area contributed by atoms with Crippen LogP contribution in [0, 0.1) is 5.41 Å². The Bertz CT molecular complexity index is 500. The number of amides is 3. The second kappa shape index (κ2) is 6.38. The average Bonchev–Trinajstić information content (AvgIpc) is 2.37. The van der Waals surface area contributed by atoms with Gasteiger partial charge in [0.15, 0.2) is 0 Å². The molecule has 0 fully saturated rings. The Labute approximate surface area is 119 Å². The third kappa shape index (κ3) is 4.55. The fourth-order valence-electron chi connectivity index (χ4n) is 1.87. The number of hydrogen-bond acceptors (Lipinski definition) is 3. The maximum atomic E-state index is 12.3. The fraction of sp³-hybridized carbons (Fsp3) is 0.429. The number of benzene rings is 1. The molecule has 6 heteroatoms. The minimum atomic E-state index is -0.660. The van der Waals surface area contributed by atoms with E-state index in [1.807, 2.05) is 13.8 Å². The van der Waals surface area contributed by atoms with Crippen molar-refractivity contribution >= 4 is 17.6 Å². The van der Waals surface area contributed by atoms with Crippen LogP contribution in [0.1, 0.15) is 24.2 Å². The van der Waals surface area contributed by atoms with Crippen molar-refractivity contribution in [3.63, 3.8) is 0 Å². The molecule has 3 amide bonds. The van der Waals surface area contributed by atoms with Gasteiger partial charge in [-0.1, -0.05) is 19.9 Å². The van der Waals surface area contributed by atoms with Gasteiger partial charge in [-0.05, 0) is 30.2 Å².